The smallest absolute Gasteiger partial charge is 0.255 e. The van der Waals surface area contributed by atoms with Crippen LogP contribution in [-0.4, -0.2) is 19.8 Å². The average Bonchev–Trinajstić information content (AvgIpc) is 1.41. The molecule has 0 saturated carbocycles. The van der Waals surface area contributed by atoms with Crippen LogP contribution in [0.2, 0.25) is 0 Å². The maximum absolute atomic E-state index is 9.50. The minimum atomic E-state index is -3.11. The van der Waals surface area contributed by atoms with Crippen LogP contribution in [0.25, 0.3) is 0 Å². The molecule has 0 bridgehead atoms. The summed E-state index contributed by atoms with van der Waals surface area (Å²) in [5, 5.41) is 0. The van der Waals surface area contributed by atoms with E-state index in [9.17, 15) is 4.39 Å². The molecule has 0 aromatic heterocycles. The molecule has 0 N–H and O–H groups in total. The maximum atomic E-state index is 9.50. The lowest BCUT2D eigenvalue weighted by molar-refractivity contribution is 0.559. The standard InChI is InChI=1S/CH3F.O3S/c1-2;1-4(2)3/h1H3;. The van der Waals surface area contributed by atoms with E-state index in [1.807, 2.05) is 0 Å². The zero-order chi connectivity index (χ0) is 5.58. The molecule has 0 aromatic carbocycles. The Bertz CT molecular complexity index is 80.2. The highest BCUT2D eigenvalue weighted by Gasteiger charge is 1.40. The summed E-state index contributed by atoms with van der Waals surface area (Å²) in [6.07, 6.45) is 0. The molecule has 0 fully saturated rings. The second-order valence-electron chi connectivity index (χ2n) is 0.204. The van der Waals surface area contributed by atoms with Gasteiger partial charge in [-0.25, -0.2) is 0 Å². The Hall–Kier alpha value is -0.450. The fourth-order valence-corrected chi connectivity index (χ4v) is 0. The van der Waals surface area contributed by atoms with Crippen molar-refractivity contribution in [1.29, 1.82) is 0 Å². The minimum absolute atomic E-state index is 0.500. The van der Waals surface area contributed by atoms with Crippen LogP contribution in [0.4, 0.5) is 4.39 Å². The number of halogens is 1. The molecule has 5 heteroatoms. The summed E-state index contributed by atoms with van der Waals surface area (Å²) in [4.78, 5) is 0. The second kappa shape index (κ2) is 8.82. The SMILES string of the molecule is CF.O=S(=O)=O. The van der Waals surface area contributed by atoms with Crippen LogP contribution in [0.1, 0.15) is 0 Å². The number of alkyl halides is 1. The third-order valence-corrected chi connectivity index (χ3v) is 0. The van der Waals surface area contributed by atoms with Gasteiger partial charge < -0.3 is 0 Å². The largest absolute Gasteiger partial charge is 0.425 e. The summed E-state index contributed by atoms with van der Waals surface area (Å²) in [5.41, 5.74) is 0. The first kappa shape index (κ1) is 9.12. The second-order valence-corrected chi connectivity index (χ2v) is 0.612. The molecule has 38 valence electrons. The van der Waals surface area contributed by atoms with Crippen LogP contribution >= 0.6 is 0 Å². The van der Waals surface area contributed by atoms with Crippen LogP contribution in [0.5, 0.6) is 0 Å². The monoisotopic (exact) mass is 114 g/mol. The molecule has 0 radical (unpaired) electrons. The zero-order valence-electron chi connectivity index (χ0n) is 3.01. The van der Waals surface area contributed by atoms with E-state index in [2.05, 4.69) is 0 Å². The van der Waals surface area contributed by atoms with Crippen molar-refractivity contribution in [2.24, 2.45) is 0 Å². The first-order valence-corrected chi connectivity index (χ1v) is 1.88. The molecule has 0 spiro atoms. The van der Waals surface area contributed by atoms with Crippen molar-refractivity contribution in [3.05, 3.63) is 0 Å². The van der Waals surface area contributed by atoms with Crippen LogP contribution < -0.4 is 0 Å². The molecule has 0 amide bonds. The lowest BCUT2D eigenvalue weighted by Crippen LogP contribution is -1.40. The molecule has 0 atom stereocenters. The summed E-state index contributed by atoms with van der Waals surface area (Å²) in [7, 11) is -2.61. The Morgan fingerprint density at radius 3 is 1.17 bits per heavy atom. The van der Waals surface area contributed by atoms with Gasteiger partial charge in [0, 0.05) is 0 Å². The van der Waals surface area contributed by atoms with Gasteiger partial charge in [0.2, 0.25) is 0 Å². The van der Waals surface area contributed by atoms with Gasteiger partial charge in [-0.2, -0.15) is 0 Å². The third-order valence-electron chi connectivity index (χ3n) is 0. The normalized spacial score (nSPS) is 5.00. The van der Waals surface area contributed by atoms with E-state index in [0.717, 1.165) is 0 Å². The molecule has 0 aromatic rings. The molecule has 0 aliphatic carbocycles. The molecular weight excluding hydrogens is 111 g/mol. The first-order valence-electron chi connectivity index (χ1n) is 0.878. The van der Waals surface area contributed by atoms with Gasteiger partial charge in [0.15, 0.2) is 0 Å². The van der Waals surface area contributed by atoms with Crippen molar-refractivity contribution in [3.63, 3.8) is 0 Å². The Morgan fingerprint density at radius 1 is 1.17 bits per heavy atom. The van der Waals surface area contributed by atoms with Gasteiger partial charge in [0.25, 0.3) is 0 Å². The van der Waals surface area contributed by atoms with Gasteiger partial charge in [-0.1, -0.05) is 0 Å². The fourth-order valence-electron chi connectivity index (χ4n) is 0. The van der Waals surface area contributed by atoms with Crippen molar-refractivity contribution < 1.29 is 17.0 Å². The van der Waals surface area contributed by atoms with E-state index in [4.69, 9.17) is 12.6 Å². The quantitative estimate of drug-likeness (QED) is 0.429. The van der Waals surface area contributed by atoms with Gasteiger partial charge in [0.1, 0.15) is 0 Å². The van der Waals surface area contributed by atoms with Crippen molar-refractivity contribution in [2.75, 3.05) is 7.18 Å². The predicted octanol–water partition coefficient (Wildman–Crippen LogP) is -0.418. The Balaban J connectivity index is 0. The van der Waals surface area contributed by atoms with Crippen molar-refractivity contribution in [1.82, 2.24) is 0 Å². The molecule has 3 nitrogen and oxygen atoms in total. The van der Waals surface area contributed by atoms with E-state index in [0.29, 0.717) is 7.18 Å². The highest BCUT2D eigenvalue weighted by Crippen LogP contribution is 1.16. The summed E-state index contributed by atoms with van der Waals surface area (Å²) in [6, 6.07) is 0. The van der Waals surface area contributed by atoms with Crippen LogP contribution in [0.15, 0.2) is 0 Å². The van der Waals surface area contributed by atoms with E-state index in [1.54, 1.807) is 0 Å². The van der Waals surface area contributed by atoms with E-state index >= 15 is 0 Å². The Labute approximate surface area is 35.9 Å². The molecule has 0 heterocycles. The predicted molar refractivity (Wildman–Crippen MR) is 16.7 cm³/mol. The van der Waals surface area contributed by atoms with Gasteiger partial charge in [-0.05, 0) is 0 Å². The number of rotatable bonds is 0. The van der Waals surface area contributed by atoms with Crippen molar-refractivity contribution in [2.45, 2.75) is 0 Å². The van der Waals surface area contributed by atoms with E-state index in [1.165, 1.54) is 0 Å². The fraction of sp³-hybridized carbons (Fsp3) is 1.00. The summed E-state index contributed by atoms with van der Waals surface area (Å²) >= 11 is 0. The van der Waals surface area contributed by atoms with Gasteiger partial charge in [0.05, 0.1) is 7.18 Å². The summed E-state index contributed by atoms with van der Waals surface area (Å²) in [5.74, 6) is 0. The van der Waals surface area contributed by atoms with Gasteiger partial charge >= 0.3 is 10.6 Å². The topological polar surface area (TPSA) is 51.2 Å². The third kappa shape index (κ3) is 114. The van der Waals surface area contributed by atoms with E-state index in [-0.39, 0.29) is 0 Å². The molecule has 0 unspecified atom stereocenters. The Morgan fingerprint density at radius 2 is 1.17 bits per heavy atom. The summed E-state index contributed by atoms with van der Waals surface area (Å²) in [6.45, 7) is 0. The van der Waals surface area contributed by atoms with Crippen LogP contribution in [0, 0.1) is 0 Å². The molecule has 0 rings (SSSR count). The maximum Gasteiger partial charge on any atom is 0.425 e. The molecule has 0 aliphatic heterocycles. The zero-order valence-corrected chi connectivity index (χ0v) is 3.83. The molecular formula is CH3FO3S. The van der Waals surface area contributed by atoms with Gasteiger partial charge in [-0.3, -0.25) is 4.39 Å². The molecule has 0 aliphatic rings. The molecule has 6 heavy (non-hydrogen) atoms. The lowest BCUT2D eigenvalue weighted by atomic mass is 11.9. The van der Waals surface area contributed by atoms with Crippen molar-refractivity contribution >= 4 is 10.6 Å². The molecule has 0 saturated heterocycles. The van der Waals surface area contributed by atoms with E-state index < -0.39 is 10.6 Å². The average molecular weight is 114 g/mol. The number of hydrogen-bond donors (Lipinski definition) is 0. The van der Waals surface area contributed by atoms with Crippen LogP contribution in [0.3, 0.4) is 0 Å². The lowest BCUT2D eigenvalue weighted by Gasteiger charge is -1.11. The Kier molecular flexibility index (Phi) is 13.4. The van der Waals surface area contributed by atoms with Crippen molar-refractivity contribution in [3.8, 4) is 0 Å². The minimum Gasteiger partial charge on any atom is -0.255 e. The summed E-state index contributed by atoms with van der Waals surface area (Å²) < 4.78 is 34.8. The van der Waals surface area contributed by atoms with Crippen LogP contribution in [-0.2, 0) is 10.6 Å². The first-order chi connectivity index (χ1) is 2.73. The van der Waals surface area contributed by atoms with Gasteiger partial charge in [-0.15, -0.1) is 12.6 Å². The highest BCUT2D eigenvalue weighted by molar-refractivity contribution is 7.59. The highest BCUT2D eigenvalue weighted by atomic mass is 32.2. The number of hydrogen-bond acceptors (Lipinski definition) is 3.